The summed E-state index contributed by atoms with van der Waals surface area (Å²) in [7, 11) is 1.66. The minimum atomic E-state index is -0.132. The molecule has 1 heterocycles. The molecule has 1 fully saturated rings. The summed E-state index contributed by atoms with van der Waals surface area (Å²) in [6, 6.07) is 14.2. The van der Waals surface area contributed by atoms with Gasteiger partial charge in [-0.05, 0) is 54.7 Å². The Hall–Kier alpha value is -1.81. The zero-order chi connectivity index (χ0) is 16.0. The summed E-state index contributed by atoms with van der Waals surface area (Å²) < 4.78 is 6.22. The Balaban J connectivity index is 1.70. The topological polar surface area (TPSA) is 29.5 Å². The molecule has 118 valence electrons. The maximum absolute atomic E-state index is 13.0. The van der Waals surface area contributed by atoms with Crippen molar-refractivity contribution >= 4 is 27.5 Å². The number of hydrogen-bond acceptors (Lipinski definition) is 2. The first-order chi connectivity index (χ1) is 11.1. The fourth-order valence-corrected chi connectivity index (χ4v) is 3.73. The van der Waals surface area contributed by atoms with Gasteiger partial charge in [-0.1, -0.05) is 34.1 Å². The van der Waals surface area contributed by atoms with Gasteiger partial charge in [0.15, 0.2) is 0 Å². The van der Waals surface area contributed by atoms with E-state index in [4.69, 9.17) is 4.74 Å². The van der Waals surface area contributed by atoms with E-state index in [9.17, 15) is 4.79 Å². The van der Waals surface area contributed by atoms with Gasteiger partial charge in [-0.2, -0.15) is 0 Å². The number of benzene rings is 2. The number of hydrogen-bond donors (Lipinski definition) is 0. The third-order valence-electron chi connectivity index (χ3n) is 4.92. The van der Waals surface area contributed by atoms with Gasteiger partial charge in [0.2, 0.25) is 5.91 Å². The van der Waals surface area contributed by atoms with Crippen molar-refractivity contribution in [3.05, 3.63) is 58.1 Å². The Morgan fingerprint density at radius 3 is 2.57 bits per heavy atom. The van der Waals surface area contributed by atoms with E-state index in [0.717, 1.165) is 40.7 Å². The van der Waals surface area contributed by atoms with Crippen molar-refractivity contribution in [2.45, 2.75) is 25.8 Å². The summed E-state index contributed by atoms with van der Waals surface area (Å²) in [5.74, 6) is 1.11. The molecule has 0 N–H and O–H groups in total. The van der Waals surface area contributed by atoms with Gasteiger partial charge in [-0.15, -0.1) is 0 Å². The minimum Gasteiger partial charge on any atom is -0.497 e. The normalized spacial score (nSPS) is 18.0. The molecule has 1 spiro atoms. The molecule has 1 aliphatic carbocycles. The highest BCUT2D eigenvalue weighted by atomic mass is 79.9. The zero-order valence-corrected chi connectivity index (χ0v) is 14.6. The molecule has 0 radical (unpaired) electrons. The zero-order valence-electron chi connectivity index (χ0n) is 13.0. The first-order valence-corrected chi connectivity index (χ1v) is 8.64. The van der Waals surface area contributed by atoms with E-state index in [1.54, 1.807) is 7.11 Å². The van der Waals surface area contributed by atoms with E-state index >= 15 is 0 Å². The molecule has 4 rings (SSSR count). The van der Waals surface area contributed by atoms with E-state index in [1.165, 1.54) is 5.56 Å². The van der Waals surface area contributed by atoms with Crippen molar-refractivity contribution in [2.75, 3.05) is 12.0 Å². The average Bonchev–Trinajstić information content (AvgIpc) is 3.34. The first-order valence-electron chi connectivity index (χ1n) is 7.85. The molecule has 0 atom stereocenters. The van der Waals surface area contributed by atoms with Gasteiger partial charge in [0.1, 0.15) is 5.75 Å². The van der Waals surface area contributed by atoms with Gasteiger partial charge in [-0.25, -0.2) is 0 Å². The maximum Gasteiger partial charge on any atom is 0.233 e. The predicted octanol–water partition coefficient (Wildman–Crippen LogP) is 4.33. The second-order valence-electron chi connectivity index (χ2n) is 6.47. The Labute approximate surface area is 144 Å². The van der Waals surface area contributed by atoms with Crippen LogP contribution in [0.4, 0.5) is 5.69 Å². The van der Waals surface area contributed by atoms with Gasteiger partial charge < -0.3 is 9.64 Å². The van der Waals surface area contributed by atoms with E-state index in [2.05, 4.69) is 34.1 Å². The number of methoxy groups -OCH3 is 1. The molecule has 3 nitrogen and oxygen atoms in total. The lowest BCUT2D eigenvalue weighted by Gasteiger charge is -2.35. The largest absolute Gasteiger partial charge is 0.497 e. The van der Waals surface area contributed by atoms with Crippen LogP contribution < -0.4 is 9.64 Å². The van der Waals surface area contributed by atoms with Crippen molar-refractivity contribution < 1.29 is 9.53 Å². The summed E-state index contributed by atoms with van der Waals surface area (Å²) in [6.07, 6.45) is 2.91. The Morgan fingerprint density at radius 1 is 1.17 bits per heavy atom. The molecule has 0 bridgehead atoms. The number of ether oxygens (including phenoxy) is 1. The van der Waals surface area contributed by atoms with E-state index in [1.807, 2.05) is 29.2 Å². The lowest BCUT2D eigenvalue weighted by Crippen LogP contribution is -2.42. The van der Waals surface area contributed by atoms with Crippen LogP contribution in [0.5, 0.6) is 5.75 Å². The highest BCUT2D eigenvalue weighted by Gasteiger charge is 2.54. The SMILES string of the molecule is COc1ccc(CN2C(=O)C3(CC3)Cc3ccc(Br)cc32)cc1. The fraction of sp³-hybridized carbons (Fsp3) is 0.316. The van der Waals surface area contributed by atoms with Crippen molar-refractivity contribution in [3.8, 4) is 5.75 Å². The molecular weight excluding hydrogens is 354 g/mol. The third-order valence-corrected chi connectivity index (χ3v) is 5.41. The fourth-order valence-electron chi connectivity index (χ4n) is 3.39. The van der Waals surface area contributed by atoms with Crippen molar-refractivity contribution in [1.29, 1.82) is 0 Å². The van der Waals surface area contributed by atoms with Gasteiger partial charge >= 0.3 is 0 Å². The smallest absolute Gasteiger partial charge is 0.233 e. The predicted molar refractivity (Wildman–Crippen MR) is 93.7 cm³/mol. The molecule has 2 aliphatic rings. The average molecular weight is 372 g/mol. The van der Waals surface area contributed by atoms with Crippen LogP contribution >= 0.6 is 15.9 Å². The Bertz CT molecular complexity index is 765. The van der Waals surface area contributed by atoms with Crippen molar-refractivity contribution in [2.24, 2.45) is 5.41 Å². The standard InChI is InChI=1S/C19H18BrNO2/c1-23-16-6-2-13(3-7-16)12-21-17-10-15(20)5-4-14(17)11-19(8-9-19)18(21)22/h2-7,10H,8-9,11-12H2,1H3. The van der Waals surface area contributed by atoms with Crippen LogP contribution in [0.3, 0.4) is 0 Å². The number of rotatable bonds is 3. The second kappa shape index (κ2) is 5.38. The summed E-state index contributed by atoms with van der Waals surface area (Å²) in [5, 5.41) is 0. The van der Waals surface area contributed by atoms with Crippen molar-refractivity contribution in [1.82, 2.24) is 0 Å². The highest BCUT2D eigenvalue weighted by molar-refractivity contribution is 9.10. The van der Waals surface area contributed by atoms with Crippen LogP contribution in [0, 0.1) is 5.41 Å². The number of carbonyl (C=O) groups is 1. The number of halogens is 1. The van der Waals surface area contributed by atoms with E-state index < -0.39 is 0 Å². The first kappa shape index (κ1) is 14.8. The van der Waals surface area contributed by atoms with Crippen LogP contribution in [0.2, 0.25) is 0 Å². The number of nitrogens with zero attached hydrogens (tertiary/aromatic N) is 1. The number of fused-ring (bicyclic) bond motifs is 1. The minimum absolute atomic E-state index is 0.132. The molecule has 23 heavy (non-hydrogen) atoms. The molecule has 0 unspecified atom stereocenters. The Kier molecular flexibility index (Phi) is 3.45. The molecule has 0 aromatic heterocycles. The lowest BCUT2D eigenvalue weighted by atomic mass is 9.88. The molecule has 2 aromatic rings. The molecule has 1 amide bonds. The molecule has 0 saturated heterocycles. The van der Waals surface area contributed by atoms with Crippen LogP contribution in [0.1, 0.15) is 24.0 Å². The summed E-state index contributed by atoms with van der Waals surface area (Å²) >= 11 is 3.53. The van der Waals surface area contributed by atoms with Crippen LogP contribution in [-0.2, 0) is 17.8 Å². The van der Waals surface area contributed by atoms with E-state index in [0.29, 0.717) is 6.54 Å². The lowest BCUT2D eigenvalue weighted by molar-refractivity contribution is -0.124. The summed E-state index contributed by atoms with van der Waals surface area (Å²) in [4.78, 5) is 15.0. The Morgan fingerprint density at radius 2 is 1.91 bits per heavy atom. The van der Waals surface area contributed by atoms with Crippen LogP contribution in [0.25, 0.3) is 0 Å². The summed E-state index contributed by atoms with van der Waals surface area (Å²) in [5.41, 5.74) is 3.30. The molecular formula is C19H18BrNO2. The highest BCUT2D eigenvalue weighted by Crippen LogP contribution is 2.54. The number of anilines is 1. The van der Waals surface area contributed by atoms with Gasteiger partial charge in [0.25, 0.3) is 0 Å². The van der Waals surface area contributed by atoms with Crippen LogP contribution in [-0.4, -0.2) is 13.0 Å². The van der Waals surface area contributed by atoms with Gasteiger partial charge in [0, 0.05) is 10.2 Å². The number of carbonyl (C=O) groups excluding carboxylic acids is 1. The molecule has 1 aliphatic heterocycles. The van der Waals surface area contributed by atoms with Crippen molar-refractivity contribution in [3.63, 3.8) is 0 Å². The molecule has 2 aromatic carbocycles. The maximum atomic E-state index is 13.0. The third kappa shape index (κ3) is 2.55. The summed E-state index contributed by atoms with van der Waals surface area (Å²) in [6.45, 7) is 0.605. The monoisotopic (exact) mass is 371 g/mol. The van der Waals surface area contributed by atoms with Gasteiger partial charge in [0.05, 0.1) is 19.1 Å². The molecule has 4 heteroatoms. The van der Waals surface area contributed by atoms with E-state index in [-0.39, 0.29) is 11.3 Å². The second-order valence-corrected chi connectivity index (χ2v) is 7.39. The molecule has 1 saturated carbocycles. The van der Waals surface area contributed by atoms with Crippen LogP contribution in [0.15, 0.2) is 46.9 Å². The number of amides is 1. The van der Waals surface area contributed by atoms with Gasteiger partial charge in [-0.3, -0.25) is 4.79 Å². The quantitative estimate of drug-likeness (QED) is 0.803.